The van der Waals surface area contributed by atoms with Gasteiger partial charge in [0, 0.05) is 6.04 Å². The minimum atomic E-state index is -1.09. The molecule has 0 heterocycles. The number of carboxylic acid groups (broad SMARTS) is 1. The van der Waals surface area contributed by atoms with E-state index < -0.39 is 23.3 Å². The summed E-state index contributed by atoms with van der Waals surface area (Å²) in [5.74, 6) is -1.39. The van der Waals surface area contributed by atoms with Crippen LogP contribution in [0.25, 0.3) is 0 Å². The summed E-state index contributed by atoms with van der Waals surface area (Å²) in [6, 6.07) is 14.4. The first-order chi connectivity index (χ1) is 12.0. The lowest BCUT2D eigenvalue weighted by molar-refractivity contribution is -0.148. The van der Waals surface area contributed by atoms with Gasteiger partial charge < -0.3 is 15.2 Å². The molecule has 1 fully saturated rings. The molecular weight excluding hydrogens is 325 g/mol. The molecule has 2 N–H and O–H groups in total. The molecule has 0 aromatic heterocycles. The maximum absolute atomic E-state index is 13.1. The molecule has 2 aromatic carbocycles. The molecule has 3 rings (SSSR count). The zero-order valence-corrected chi connectivity index (χ0v) is 13.4. The van der Waals surface area contributed by atoms with Crippen LogP contribution >= 0.6 is 0 Å². The van der Waals surface area contributed by atoms with Gasteiger partial charge in [0.05, 0.1) is 5.41 Å². The fourth-order valence-electron chi connectivity index (χ4n) is 3.12. The fraction of sp³-hybridized carbons (Fsp3) is 0.263. The highest BCUT2D eigenvalue weighted by molar-refractivity contribution is 5.83. The summed E-state index contributed by atoms with van der Waals surface area (Å²) in [4.78, 5) is 23.5. The van der Waals surface area contributed by atoms with Gasteiger partial charge in [0.25, 0.3) is 0 Å². The van der Waals surface area contributed by atoms with Gasteiger partial charge in [0.1, 0.15) is 12.4 Å². The van der Waals surface area contributed by atoms with Gasteiger partial charge in [-0.3, -0.25) is 4.79 Å². The minimum absolute atomic E-state index is 0.154. The molecule has 0 bridgehead atoms. The van der Waals surface area contributed by atoms with Gasteiger partial charge in [-0.05, 0) is 36.1 Å². The fourth-order valence-corrected chi connectivity index (χ4v) is 3.12. The Kier molecular flexibility index (Phi) is 4.70. The van der Waals surface area contributed by atoms with Crippen LogP contribution in [0.15, 0.2) is 54.6 Å². The maximum Gasteiger partial charge on any atom is 0.407 e. The molecular formula is C19H18FNO4. The number of rotatable bonds is 5. The van der Waals surface area contributed by atoms with Gasteiger partial charge in [0.15, 0.2) is 0 Å². The lowest BCUT2D eigenvalue weighted by atomic mass is 9.61. The Bertz CT molecular complexity index is 755. The van der Waals surface area contributed by atoms with Crippen molar-refractivity contribution >= 4 is 12.1 Å². The molecule has 0 spiro atoms. The van der Waals surface area contributed by atoms with Crippen molar-refractivity contribution in [2.24, 2.45) is 0 Å². The molecule has 0 unspecified atom stereocenters. The maximum atomic E-state index is 13.1. The van der Waals surface area contributed by atoms with Crippen molar-refractivity contribution in [2.75, 3.05) is 0 Å². The zero-order valence-electron chi connectivity index (χ0n) is 13.4. The number of carbonyl (C=O) groups excluding carboxylic acids is 1. The predicted molar refractivity (Wildman–Crippen MR) is 88.5 cm³/mol. The van der Waals surface area contributed by atoms with Crippen LogP contribution in [0, 0.1) is 5.82 Å². The molecule has 0 radical (unpaired) electrons. The first-order valence-corrected chi connectivity index (χ1v) is 7.96. The molecule has 0 atom stereocenters. The summed E-state index contributed by atoms with van der Waals surface area (Å²) in [6.45, 7) is 0.154. The molecule has 5 nitrogen and oxygen atoms in total. The summed E-state index contributed by atoms with van der Waals surface area (Å²) in [5.41, 5.74) is 0.319. The van der Waals surface area contributed by atoms with Crippen LogP contribution in [0.5, 0.6) is 0 Å². The molecule has 130 valence electrons. The topological polar surface area (TPSA) is 75.6 Å². The third-order valence-corrected chi connectivity index (χ3v) is 4.53. The van der Waals surface area contributed by atoms with Gasteiger partial charge in [-0.15, -0.1) is 0 Å². The van der Waals surface area contributed by atoms with Crippen molar-refractivity contribution in [1.29, 1.82) is 0 Å². The van der Waals surface area contributed by atoms with Crippen LogP contribution in [0.2, 0.25) is 0 Å². The van der Waals surface area contributed by atoms with Crippen molar-refractivity contribution in [1.82, 2.24) is 5.32 Å². The van der Waals surface area contributed by atoms with E-state index >= 15 is 0 Å². The molecule has 0 saturated heterocycles. The highest BCUT2D eigenvalue weighted by Gasteiger charge is 2.52. The van der Waals surface area contributed by atoms with Crippen molar-refractivity contribution < 1.29 is 23.8 Å². The number of alkyl carbamates (subject to hydrolysis) is 1. The number of carbonyl (C=O) groups is 2. The monoisotopic (exact) mass is 343 g/mol. The molecule has 1 aliphatic rings. The smallest absolute Gasteiger partial charge is 0.407 e. The van der Waals surface area contributed by atoms with Crippen molar-refractivity contribution in [2.45, 2.75) is 30.9 Å². The summed E-state index contributed by atoms with van der Waals surface area (Å²) >= 11 is 0. The van der Waals surface area contributed by atoms with E-state index in [0.717, 1.165) is 5.56 Å². The largest absolute Gasteiger partial charge is 0.481 e. The molecule has 6 heteroatoms. The second-order valence-electron chi connectivity index (χ2n) is 6.21. The van der Waals surface area contributed by atoms with Crippen LogP contribution in [-0.4, -0.2) is 23.2 Å². The van der Waals surface area contributed by atoms with E-state index in [1.54, 1.807) is 0 Å². The number of benzene rings is 2. The van der Waals surface area contributed by atoms with Crippen LogP contribution in [0.4, 0.5) is 9.18 Å². The van der Waals surface area contributed by atoms with E-state index in [9.17, 15) is 19.1 Å². The second kappa shape index (κ2) is 6.93. The molecule has 2 aromatic rings. The first-order valence-electron chi connectivity index (χ1n) is 7.96. The van der Waals surface area contributed by atoms with E-state index in [2.05, 4.69) is 5.32 Å². The SMILES string of the molecule is O=C(NC1CC(C(=O)O)(c2ccc(F)cc2)C1)OCc1ccccc1. The summed E-state index contributed by atoms with van der Waals surface area (Å²) < 4.78 is 18.2. The Labute approximate surface area is 144 Å². The van der Waals surface area contributed by atoms with Gasteiger partial charge in [-0.1, -0.05) is 42.5 Å². The zero-order chi connectivity index (χ0) is 17.9. The number of ether oxygens (including phenoxy) is 1. The summed E-state index contributed by atoms with van der Waals surface area (Å²) in [6.07, 6.45) is -0.0880. The Hall–Kier alpha value is -2.89. The van der Waals surface area contributed by atoms with Crippen LogP contribution in [0.1, 0.15) is 24.0 Å². The van der Waals surface area contributed by atoms with Gasteiger partial charge in [-0.25, -0.2) is 9.18 Å². The van der Waals surface area contributed by atoms with E-state index in [1.807, 2.05) is 30.3 Å². The normalized spacial score (nSPS) is 21.9. The third-order valence-electron chi connectivity index (χ3n) is 4.53. The molecule has 25 heavy (non-hydrogen) atoms. The van der Waals surface area contributed by atoms with Crippen molar-refractivity contribution in [3.8, 4) is 0 Å². The second-order valence-corrected chi connectivity index (χ2v) is 6.21. The Morgan fingerprint density at radius 2 is 1.76 bits per heavy atom. The number of amides is 1. The highest BCUT2D eigenvalue weighted by atomic mass is 19.1. The van der Waals surface area contributed by atoms with E-state index in [-0.39, 0.29) is 25.5 Å². The molecule has 1 aliphatic carbocycles. The van der Waals surface area contributed by atoms with Crippen LogP contribution < -0.4 is 5.32 Å². The lowest BCUT2D eigenvalue weighted by Gasteiger charge is -2.44. The van der Waals surface area contributed by atoms with Crippen LogP contribution in [0.3, 0.4) is 0 Å². The Morgan fingerprint density at radius 3 is 2.36 bits per heavy atom. The summed E-state index contributed by atoms with van der Waals surface area (Å²) in [7, 11) is 0. The quantitative estimate of drug-likeness (QED) is 0.874. The van der Waals surface area contributed by atoms with Gasteiger partial charge in [-0.2, -0.15) is 0 Å². The predicted octanol–water partition coefficient (Wildman–Crippen LogP) is 3.24. The average Bonchev–Trinajstić information content (AvgIpc) is 2.57. The number of nitrogens with one attached hydrogen (secondary N) is 1. The summed E-state index contributed by atoms with van der Waals surface area (Å²) in [5, 5.41) is 12.3. The third kappa shape index (κ3) is 3.63. The molecule has 0 aliphatic heterocycles. The lowest BCUT2D eigenvalue weighted by Crippen LogP contribution is -2.57. The first kappa shape index (κ1) is 17.0. The van der Waals surface area contributed by atoms with E-state index in [4.69, 9.17) is 4.74 Å². The van der Waals surface area contributed by atoms with Crippen molar-refractivity contribution in [3.63, 3.8) is 0 Å². The number of hydrogen-bond donors (Lipinski definition) is 2. The number of halogens is 1. The van der Waals surface area contributed by atoms with Crippen molar-refractivity contribution in [3.05, 3.63) is 71.5 Å². The standard InChI is InChI=1S/C19H18FNO4/c20-15-8-6-14(7-9-15)19(17(22)23)10-16(11-19)21-18(24)25-12-13-4-2-1-3-5-13/h1-9,16H,10-12H2,(H,21,24)(H,22,23). The van der Waals surface area contributed by atoms with E-state index in [0.29, 0.717) is 5.56 Å². The Morgan fingerprint density at radius 1 is 1.12 bits per heavy atom. The van der Waals surface area contributed by atoms with Crippen LogP contribution in [-0.2, 0) is 21.6 Å². The molecule has 1 amide bonds. The minimum Gasteiger partial charge on any atom is -0.481 e. The number of aliphatic carboxylic acids is 1. The molecule has 1 saturated carbocycles. The van der Waals surface area contributed by atoms with E-state index in [1.165, 1.54) is 24.3 Å². The van der Waals surface area contributed by atoms with Gasteiger partial charge in [0.2, 0.25) is 0 Å². The average molecular weight is 343 g/mol. The highest BCUT2D eigenvalue weighted by Crippen LogP contribution is 2.44. The van der Waals surface area contributed by atoms with Gasteiger partial charge >= 0.3 is 12.1 Å². The number of carboxylic acids is 1. The number of hydrogen-bond acceptors (Lipinski definition) is 3. The Balaban J connectivity index is 1.55.